The van der Waals surface area contributed by atoms with Gasteiger partial charge in [-0.25, -0.2) is 12.7 Å². The summed E-state index contributed by atoms with van der Waals surface area (Å²) in [5.41, 5.74) is 2.70. The Labute approximate surface area is 172 Å². The highest BCUT2D eigenvalue weighted by molar-refractivity contribution is 7.89. The molecule has 0 aliphatic heterocycles. The Bertz CT molecular complexity index is 1010. The van der Waals surface area contributed by atoms with Crippen LogP contribution < -0.4 is 5.32 Å². The van der Waals surface area contributed by atoms with Crippen LogP contribution in [0, 0.1) is 0 Å². The molecular weight excluding hydrogens is 384 g/mol. The number of nitrogens with one attached hydrogen (secondary N) is 1. The fraction of sp³-hybridized carbons (Fsp3) is 0.174. The molecule has 0 saturated carbocycles. The molecule has 150 valence electrons. The van der Waals surface area contributed by atoms with E-state index in [0.717, 1.165) is 15.4 Å². The summed E-state index contributed by atoms with van der Waals surface area (Å²) in [5.74, 6) is -0.197. The third-order valence-corrected chi connectivity index (χ3v) is 6.54. The summed E-state index contributed by atoms with van der Waals surface area (Å²) in [6.07, 6.45) is 0.284. The van der Waals surface area contributed by atoms with Gasteiger partial charge >= 0.3 is 0 Å². The van der Waals surface area contributed by atoms with Gasteiger partial charge < -0.3 is 5.32 Å². The second kappa shape index (κ2) is 9.03. The number of rotatable bonds is 7. The van der Waals surface area contributed by atoms with Crippen LogP contribution in [-0.2, 0) is 14.8 Å². The molecule has 3 aromatic carbocycles. The van der Waals surface area contributed by atoms with E-state index in [9.17, 15) is 13.2 Å². The van der Waals surface area contributed by atoms with Crippen molar-refractivity contribution in [1.82, 2.24) is 4.31 Å². The average Bonchev–Trinajstić information content (AvgIpc) is 2.73. The average molecular weight is 409 g/mol. The van der Waals surface area contributed by atoms with Gasteiger partial charge in [-0.05, 0) is 35.4 Å². The summed E-state index contributed by atoms with van der Waals surface area (Å²) in [5, 5.41) is 2.87. The first-order chi connectivity index (χ1) is 13.9. The Morgan fingerprint density at radius 2 is 1.31 bits per heavy atom. The highest BCUT2D eigenvalue weighted by Gasteiger charge is 2.19. The lowest BCUT2D eigenvalue weighted by Crippen LogP contribution is -2.22. The van der Waals surface area contributed by atoms with Crippen molar-refractivity contribution in [2.24, 2.45) is 0 Å². The maximum Gasteiger partial charge on any atom is 0.242 e. The number of anilines is 1. The first-order valence-electron chi connectivity index (χ1n) is 9.30. The molecule has 29 heavy (non-hydrogen) atoms. The molecule has 0 atom stereocenters. The zero-order chi connectivity index (χ0) is 20.9. The number of amides is 1. The summed E-state index contributed by atoms with van der Waals surface area (Å²) in [7, 11) is -0.524. The number of nitrogens with zero attached hydrogens (tertiary/aromatic N) is 1. The fourth-order valence-corrected chi connectivity index (χ4v) is 4.02. The molecule has 1 amide bonds. The Kier molecular flexibility index (Phi) is 6.46. The van der Waals surface area contributed by atoms with Crippen molar-refractivity contribution in [3.05, 3.63) is 96.1 Å². The molecule has 6 heteroatoms. The molecule has 0 fully saturated rings. The molecular formula is C23H24N2O3S. The molecule has 0 aliphatic carbocycles. The lowest BCUT2D eigenvalue weighted by molar-refractivity contribution is -0.116. The highest BCUT2D eigenvalue weighted by atomic mass is 32.2. The lowest BCUT2D eigenvalue weighted by atomic mass is 9.88. The predicted molar refractivity (Wildman–Crippen MR) is 115 cm³/mol. The second-order valence-electron chi connectivity index (χ2n) is 6.94. The number of carbonyl (C=O) groups is 1. The topological polar surface area (TPSA) is 66.5 Å². The van der Waals surface area contributed by atoms with Gasteiger partial charge in [0.2, 0.25) is 15.9 Å². The molecule has 0 heterocycles. The molecule has 5 nitrogen and oxygen atoms in total. The van der Waals surface area contributed by atoms with Crippen LogP contribution in [0.1, 0.15) is 23.5 Å². The molecule has 0 aliphatic rings. The minimum atomic E-state index is -3.49. The van der Waals surface area contributed by atoms with Gasteiger partial charge in [-0.2, -0.15) is 0 Å². The van der Waals surface area contributed by atoms with Crippen molar-refractivity contribution in [1.29, 1.82) is 0 Å². The molecule has 0 aromatic heterocycles. The van der Waals surface area contributed by atoms with Crippen molar-refractivity contribution in [3.8, 4) is 0 Å². The molecule has 3 aromatic rings. The van der Waals surface area contributed by atoms with Crippen LogP contribution in [0.25, 0.3) is 0 Å². The normalized spacial score (nSPS) is 11.6. The molecule has 0 spiro atoms. The van der Waals surface area contributed by atoms with E-state index in [1.807, 2.05) is 60.7 Å². The predicted octanol–water partition coefficient (Wildman–Crippen LogP) is 4.10. The number of hydrogen-bond acceptors (Lipinski definition) is 3. The van der Waals surface area contributed by atoms with Gasteiger partial charge in [0.15, 0.2) is 0 Å². The Morgan fingerprint density at radius 1 is 0.828 bits per heavy atom. The molecule has 0 radical (unpaired) electrons. The van der Waals surface area contributed by atoms with Crippen LogP contribution in [0.15, 0.2) is 89.8 Å². The molecule has 1 N–H and O–H groups in total. The second-order valence-corrected chi connectivity index (χ2v) is 9.09. The quantitative estimate of drug-likeness (QED) is 0.640. The smallest absolute Gasteiger partial charge is 0.242 e. The van der Waals surface area contributed by atoms with Gasteiger partial charge in [0.25, 0.3) is 0 Å². The van der Waals surface area contributed by atoms with Gasteiger partial charge in [0.1, 0.15) is 0 Å². The van der Waals surface area contributed by atoms with E-state index in [0.29, 0.717) is 5.69 Å². The van der Waals surface area contributed by atoms with Gasteiger partial charge in [-0.15, -0.1) is 0 Å². The summed E-state index contributed by atoms with van der Waals surface area (Å²) in [4.78, 5) is 12.9. The zero-order valence-electron chi connectivity index (χ0n) is 16.4. The standard InChI is InChI=1S/C23H24N2O3S/c1-25(2)29(27,28)21-15-13-20(14-16-21)24-23(26)17-22(18-9-5-3-6-10-18)19-11-7-4-8-12-19/h3-16,22H,17H2,1-2H3,(H,24,26). The van der Waals surface area contributed by atoms with Gasteiger partial charge in [0.05, 0.1) is 4.90 Å². The van der Waals surface area contributed by atoms with E-state index in [2.05, 4.69) is 5.32 Å². The van der Waals surface area contributed by atoms with Crippen LogP contribution in [0.2, 0.25) is 0 Å². The summed E-state index contributed by atoms with van der Waals surface area (Å²) >= 11 is 0. The van der Waals surface area contributed by atoms with Gasteiger partial charge in [-0.3, -0.25) is 4.79 Å². The molecule has 3 rings (SSSR count). The minimum absolute atomic E-state index is 0.0641. The number of carbonyl (C=O) groups excluding carboxylic acids is 1. The van der Waals surface area contributed by atoms with Crippen LogP contribution in [0.5, 0.6) is 0 Å². The third-order valence-electron chi connectivity index (χ3n) is 4.71. The van der Waals surface area contributed by atoms with Gasteiger partial charge in [-0.1, -0.05) is 60.7 Å². The van der Waals surface area contributed by atoms with E-state index >= 15 is 0 Å². The summed E-state index contributed by atoms with van der Waals surface area (Å²) < 4.78 is 25.5. The molecule has 0 unspecified atom stereocenters. The Morgan fingerprint density at radius 3 is 1.76 bits per heavy atom. The maximum absolute atomic E-state index is 12.7. The third kappa shape index (κ3) is 5.10. The highest BCUT2D eigenvalue weighted by Crippen LogP contribution is 2.28. The zero-order valence-corrected chi connectivity index (χ0v) is 17.3. The number of benzene rings is 3. The maximum atomic E-state index is 12.7. The van der Waals surface area contributed by atoms with Crippen molar-refractivity contribution in [2.75, 3.05) is 19.4 Å². The van der Waals surface area contributed by atoms with Crippen molar-refractivity contribution >= 4 is 21.6 Å². The Balaban J connectivity index is 1.76. The van der Waals surface area contributed by atoms with E-state index in [1.165, 1.54) is 26.2 Å². The van der Waals surface area contributed by atoms with E-state index in [1.54, 1.807) is 12.1 Å². The fourth-order valence-electron chi connectivity index (χ4n) is 3.12. The molecule has 0 bridgehead atoms. The monoisotopic (exact) mass is 408 g/mol. The van der Waals surface area contributed by atoms with E-state index < -0.39 is 10.0 Å². The largest absolute Gasteiger partial charge is 0.326 e. The molecule has 0 saturated heterocycles. The first-order valence-corrected chi connectivity index (χ1v) is 10.7. The number of hydrogen-bond donors (Lipinski definition) is 1. The van der Waals surface area contributed by atoms with Crippen LogP contribution >= 0.6 is 0 Å². The lowest BCUT2D eigenvalue weighted by Gasteiger charge is -2.18. The van der Waals surface area contributed by atoms with Crippen LogP contribution in [0.4, 0.5) is 5.69 Å². The van der Waals surface area contributed by atoms with E-state index in [-0.39, 0.29) is 23.1 Å². The summed E-state index contributed by atoms with van der Waals surface area (Å²) in [6.45, 7) is 0. The summed E-state index contributed by atoms with van der Waals surface area (Å²) in [6, 6.07) is 26.1. The van der Waals surface area contributed by atoms with Crippen molar-refractivity contribution in [3.63, 3.8) is 0 Å². The number of sulfonamides is 1. The minimum Gasteiger partial charge on any atom is -0.326 e. The van der Waals surface area contributed by atoms with Crippen LogP contribution in [0.3, 0.4) is 0 Å². The Hall–Kier alpha value is -2.96. The van der Waals surface area contributed by atoms with E-state index in [4.69, 9.17) is 0 Å². The van der Waals surface area contributed by atoms with Gasteiger partial charge in [0, 0.05) is 32.1 Å². The SMILES string of the molecule is CN(C)S(=O)(=O)c1ccc(NC(=O)CC(c2ccccc2)c2ccccc2)cc1. The first kappa shape index (κ1) is 20.8. The van der Waals surface area contributed by atoms with Crippen molar-refractivity contribution in [2.45, 2.75) is 17.2 Å². The van der Waals surface area contributed by atoms with Crippen LogP contribution in [-0.4, -0.2) is 32.7 Å². The van der Waals surface area contributed by atoms with Crippen molar-refractivity contribution < 1.29 is 13.2 Å².